The molecule has 0 amide bonds. The van der Waals surface area contributed by atoms with Crippen LogP contribution in [0.1, 0.15) is 12.5 Å². The molecule has 17 heavy (non-hydrogen) atoms. The molecule has 0 saturated carbocycles. The minimum atomic E-state index is -0.476. The lowest BCUT2D eigenvalue weighted by Crippen LogP contribution is -2.05. The molecule has 1 aromatic carbocycles. The molecule has 0 unspecified atom stereocenters. The quantitative estimate of drug-likeness (QED) is 0.589. The van der Waals surface area contributed by atoms with Crippen LogP contribution in [0.3, 0.4) is 0 Å². The Labute approximate surface area is 99.8 Å². The van der Waals surface area contributed by atoms with Crippen LogP contribution < -0.4 is 0 Å². The van der Waals surface area contributed by atoms with Gasteiger partial charge in [-0.15, -0.1) is 0 Å². The van der Waals surface area contributed by atoms with Crippen LogP contribution in [0.5, 0.6) is 0 Å². The van der Waals surface area contributed by atoms with E-state index in [0.717, 1.165) is 5.56 Å². The highest BCUT2D eigenvalue weighted by atomic mass is 16.5. The van der Waals surface area contributed by atoms with Crippen molar-refractivity contribution in [2.75, 3.05) is 13.7 Å². The fourth-order valence-corrected chi connectivity index (χ4v) is 1.24. The van der Waals surface area contributed by atoms with Crippen LogP contribution >= 0.6 is 0 Å². The molecule has 0 saturated heterocycles. The number of esters is 2. The van der Waals surface area contributed by atoms with Crippen molar-refractivity contribution in [2.24, 2.45) is 0 Å². The maximum atomic E-state index is 11.2. The Morgan fingerprint density at radius 3 is 2.41 bits per heavy atom. The molecule has 0 N–H and O–H groups in total. The molecule has 0 fully saturated rings. The summed E-state index contributed by atoms with van der Waals surface area (Å²) in [5.74, 6) is -0.868. The lowest BCUT2D eigenvalue weighted by Gasteiger charge is -2.07. The van der Waals surface area contributed by atoms with Crippen LogP contribution in [0.2, 0.25) is 0 Å². The maximum Gasteiger partial charge on any atom is 0.330 e. The van der Waals surface area contributed by atoms with Crippen molar-refractivity contribution in [3.8, 4) is 0 Å². The third-order valence-electron chi connectivity index (χ3n) is 2.07. The highest BCUT2D eigenvalue weighted by Gasteiger charge is 2.06. The summed E-state index contributed by atoms with van der Waals surface area (Å²) in [7, 11) is 1.30. The number of carbonyl (C=O) groups excluding carboxylic acids is 2. The predicted molar refractivity (Wildman–Crippen MR) is 63.1 cm³/mol. The summed E-state index contributed by atoms with van der Waals surface area (Å²) in [4.78, 5) is 22.0. The average molecular weight is 234 g/mol. The van der Waals surface area contributed by atoms with Gasteiger partial charge in [-0.1, -0.05) is 30.3 Å². The van der Waals surface area contributed by atoms with Gasteiger partial charge in [-0.25, -0.2) is 4.79 Å². The molecular formula is C13H14O4. The van der Waals surface area contributed by atoms with Gasteiger partial charge in [-0.2, -0.15) is 0 Å². The van der Waals surface area contributed by atoms with E-state index in [4.69, 9.17) is 4.74 Å². The Morgan fingerprint density at radius 2 is 1.88 bits per heavy atom. The third-order valence-corrected chi connectivity index (χ3v) is 2.07. The second kappa shape index (κ2) is 6.48. The number of hydrogen-bond donors (Lipinski definition) is 0. The van der Waals surface area contributed by atoms with Crippen LogP contribution in [-0.4, -0.2) is 25.7 Å². The van der Waals surface area contributed by atoms with Gasteiger partial charge < -0.3 is 9.47 Å². The van der Waals surface area contributed by atoms with Crippen LogP contribution in [0.15, 0.2) is 36.4 Å². The summed E-state index contributed by atoms with van der Waals surface area (Å²) >= 11 is 0. The molecule has 1 aromatic rings. The summed E-state index contributed by atoms with van der Waals surface area (Å²) < 4.78 is 9.44. The van der Waals surface area contributed by atoms with E-state index >= 15 is 0 Å². The van der Waals surface area contributed by atoms with E-state index in [1.165, 1.54) is 20.1 Å². The first-order valence-electron chi connectivity index (χ1n) is 5.11. The number of hydrogen-bond acceptors (Lipinski definition) is 4. The van der Waals surface area contributed by atoms with Crippen molar-refractivity contribution in [2.45, 2.75) is 6.92 Å². The molecule has 90 valence electrons. The lowest BCUT2D eigenvalue weighted by molar-refractivity contribution is -0.140. The Bertz CT molecular complexity index is 420. The topological polar surface area (TPSA) is 52.6 Å². The smallest absolute Gasteiger partial charge is 0.330 e. The molecule has 0 atom stereocenters. The molecular weight excluding hydrogens is 220 g/mol. The molecule has 0 heterocycles. The summed E-state index contributed by atoms with van der Waals surface area (Å²) in [6.07, 6.45) is 1.32. The van der Waals surface area contributed by atoms with Gasteiger partial charge in [0.1, 0.15) is 6.61 Å². The zero-order valence-electron chi connectivity index (χ0n) is 9.80. The van der Waals surface area contributed by atoms with Crippen molar-refractivity contribution >= 4 is 17.5 Å². The largest absolute Gasteiger partial charge is 0.466 e. The first-order chi connectivity index (χ1) is 8.13. The molecule has 0 aliphatic rings. The van der Waals surface area contributed by atoms with Gasteiger partial charge in [0.15, 0.2) is 0 Å². The SMILES string of the molecule is COC(=O)/C=C(/COC(C)=O)c1ccccc1. The van der Waals surface area contributed by atoms with Crippen molar-refractivity contribution in [3.63, 3.8) is 0 Å². The normalized spacial score (nSPS) is 10.8. The van der Waals surface area contributed by atoms with Crippen molar-refractivity contribution in [3.05, 3.63) is 42.0 Å². The molecule has 0 radical (unpaired) electrons. The van der Waals surface area contributed by atoms with Gasteiger partial charge in [-0.05, 0) is 5.56 Å². The zero-order chi connectivity index (χ0) is 12.7. The fraction of sp³-hybridized carbons (Fsp3) is 0.231. The number of rotatable bonds is 4. The fourth-order valence-electron chi connectivity index (χ4n) is 1.24. The first kappa shape index (κ1) is 13.0. The molecule has 0 bridgehead atoms. The minimum absolute atomic E-state index is 0.0500. The number of benzene rings is 1. The Hall–Kier alpha value is -2.10. The van der Waals surface area contributed by atoms with Crippen LogP contribution in [0, 0.1) is 0 Å². The van der Waals surface area contributed by atoms with Crippen molar-refractivity contribution in [1.29, 1.82) is 0 Å². The molecule has 0 spiro atoms. The van der Waals surface area contributed by atoms with Crippen molar-refractivity contribution in [1.82, 2.24) is 0 Å². The summed E-state index contributed by atoms with van der Waals surface area (Å²) in [5.41, 5.74) is 1.42. The molecule has 0 aliphatic carbocycles. The highest BCUT2D eigenvalue weighted by Crippen LogP contribution is 2.14. The Morgan fingerprint density at radius 1 is 1.24 bits per heavy atom. The van der Waals surface area contributed by atoms with E-state index in [9.17, 15) is 9.59 Å². The van der Waals surface area contributed by atoms with Crippen molar-refractivity contribution < 1.29 is 19.1 Å². The molecule has 4 heteroatoms. The Balaban J connectivity index is 2.90. The molecule has 4 nitrogen and oxygen atoms in total. The predicted octanol–water partition coefficient (Wildman–Crippen LogP) is 1.81. The van der Waals surface area contributed by atoms with Crippen LogP contribution in [-0.2, 0) is 19.1 Å². The lowest BCUT2D eigenvalue weighted by atomic mass is 10.1. The van der Waals surface area contributed by atoms with E-state index in [1.54, 1.807) is 0 Å². The van der Waals surface area contributed by atoms with Crippen LogP contribution in [0.25, 0.3) is 5.57 Å². The zero-order valence-corrected chi connectivity index (χ0v) is 9.80. The van der Waals surface area contributed by atoms with Crippen LogP contribution in [0.4, 0.5) is 0 Å². The van der Waals surface area contributed by atoms with Gasteiger partial charge in [0.2, 0.25) is 0 Å². The Kier molecular flexibility index (Phi) is 4.94. The van der Waals surface area contributed by atoms with Gasteiger partial charge in [0, 0.05) is 18.6 Å². The van der Waals surface area contributed by atoms with Gasteiger partial charge in [0.25, 0.3) is 0 Å². The summed E-state index contributed by atoms with van der Waals surface area (Å²) in [6.45, 7) is 1.37. The number of carbonyl (C=O) groups is 2. The van der Waals surface area contributed by atoms with E-state index in [2.05, 4.69) is 4.74 Å². The van der Waals surface area contributed by atoms with E-state index in [0.29, 0.717) is 5.57 Å². The number of methoxy groups -OCH3 is 1. The van der Waals surface area contributed by atoms with Gasteiger partial charge >= 0.3 is 11.9 Å². The van der Waals surface area contributed by atoms with E-state index in [-0.39, 0.29) is 6.61 Å². The highest BCUT2D eigenvalue weighted by molar-refractivity contribution is 5.91. The monoisotopic (exact) mass is 234 g/mol. The second-order valence-corrected chi connectivity index (χ2v) is 3.34. The van der Waals surface area contributed by atoms with E-state index in [1.807, 2.05) is 30.3 Å². The van der Waals surface area contributed by atoms with Gasteiger partial charge in [-0.3, -0.25) is 4.79 Å². The minimum Gasteiger partial charge on any atom is -0.466 e. The van der Waals surface area contributed by atoms with Gasteiger partial charge in [0.05, 0.1) is 7.11 Å². The number of ether oxygens (including phenoxy) is 2. The summed E-state index contributed by atoms with van der Waals surface area (Å²) in [5, 5.41) is 0. The first-order valence-corrected chi connectivity index (χ1v) is 5.11. The third kappa shape index (κ3) is 4.51. The van der Waals surface area contributed by atoms with E-state index < -0.39 is 11.9 Å². The molecule has 1 rings (SSSR count). The second-order valence-electron chi connectivity index (χ2n) is 3.34. The average Bonchev–Trinajstić information content (AvgIpc) is 2.35. The molecule has 0 aromatic heterocycles. The standard InChI is InChI=1S/C13H14O4/c1-10(14)17-9-12(8-13(15)16-2)11-6-4-3-5-7-11/h3-8H,9H2,1-2H3/b12-8-. The molecule has 0 aliphatic heterocycles. The summed E-state index contributed by atoms with van der Waals surface area (Å²) in [6, 6.07) is 9.21. The maximum absolute atomic E-state index is 11.2.